The molecule has 0 aromatic carbocycles. The fraction of sp³-hybridized carbons (Fsp3) is 0.786. The van der Waals surface area contributed by atoms with Crippen LogP contribution in [0, 0.1) is 5.92 Å². The zero-order valence-electron chi connectivity index (χ0n) is 13.6. The van der Waals surface area contributed by atoms with E-state index in [0.717, 1.165) is 0 Å². The third kappa shape index (κ3) is 8.23. The number of hydrogen-bond donors (Lipinski definition) is 4. The molecule has 0 aromatic heterocycles. The van der Waals surface area contributed by atoms with Crippen LogP contribution in [0.5, 0.6) is 0 Å². The van der Waals surface area contributed by atoms with Crippen LogP contribution >= 0.6 is 11.8 Å². The second-order valence-electron chi connectivity index (χ2n) is 5.66. The quantitative estimate of drug-likeness (QED) is 0.453. The van der Waals surface area contributed by atoms with Gasteiger partial charge in [0.1, 0.15) is 12.1 Å². The number of carboxylic acid groups (broad SMARTS) is 1. The molecule has 22 heavy (non-hydrogen) atoms. The minimum Gasteiger partial charge on any atom is -0.480 e. The summed E-state index contributed by atoms with van der Waals surface area (Å²) in [6, 6.07) is -2.47. The summed E-state index contributed by atoms with van der Waals surface area (Å²) in [6.45, 7) is 5.29. The van der Waals surface area contributed by atoms with Gasteiger partial charge in [0.25, 0.3) is 0 Å². The number of carbonyl (C=O) groups excluding carboxylic acids is 2. The highest BCUT2D eigenvalue weighted by Gasteiger charge is 2.27. The van der Waals surface area contributed by atoms with E-state index in [0.29, 0.717) is 18.6 Å². The molecule has 0 aliphatic heterocycles. The van der Waals surface area contributed by atoms with Gasteiger partial charge in [-0.25, -0.2) is 4.79 Å². The van der Waals surface area contributed by atoms with Crippen molar-refractivity contribution in [1.29, 1.82) is 0 Å². The lowest BCUT2D eigenvalue weighted by Gasteiger charge is -2.22. The van der Waals surface area contributed by atoms with Crippen molar-refractivity contribution in [3.8, 4) is 0 Å². The lowest BCUT2D eigenvalue weighted by Crippen LogP contribution is -2.54. The Morgan fingerprint density at radius 2 is 1.64 bits per heavy atom. The van der Waals surface area contributed by atoms with Crippen LogP contribution in [0.2, 0.25) is 0 Å². The molecule has 0 radical (unpaired) electrons. The van der Waals surface area contributed by atoms with Crippen LogP contribution in [0.3, 0.4) is 0 Å². The number of rotatable bonds is 10. The topological polar surface area (TPSA) is 122 Å². The number of thioether (sulfide) groups is 1. The van der Waals surface area contributed by atoms with Crippen LogP contribution in [0.25, 0.3) is 0 Å². The van der Waals surface area contributed by atoms with Crippen molar-refractivity contribution in [3.63, 3.8) is 0 Å². The average Bonchev–Trinajstić information content (AvgIpc) is 2.41. The van der Waals surface area contributed by atoms with E-state index in [1.807, 2.05) is 20.1 Å². The smallest absolute Gasteiger partial charge is 0.326 e. The van der Waals surface area contributed by atoms with Gasteiger partial charge in [-0.1, -0.05) is 13.8 Å². The molecule has 0 saturated carbocycles. The summed E-state index contributed by atoms with van der Waals surface area (Å²) in [6.07, 6.45) is 2.64. The summed E-state index contributed by atoms with van der Waals surface area (Å²) < 4.78 is 0. The SMILES string of the molecule is CSCC[C@H](NC(=O)[C@H](C)N)C(=O)N[C@@H](CC(C)C)C(=O)O. The van der Waals surface area contributed by atoms with Crippen molar-refractivity contribution >= 4 is 29.5 Å². The maximum absolute atomic E-state index is 12.3. The predicted molar refractivity (Wildman–Crippen MR) is 87.6 cm³/mol. The van der Waals surface area contributed by atoms with Gasteiger partial charge in [-0.2, -0.15) is 11.8 Å². The maximum atomic E-state index is 12.3. The highest BCUT2D eigenvalue weighted by Crippen LogP contribution is 2.07. The molecule has 128 valence electrons. The number of nitrogens with two attached hydrogens (primary N) is 1. The van der Waals surface area contributed by atoms with E-state index in [9.17, 15) is 19.5 Å². The standard InChI is InChI=1S/C14H27N3O4S/c1-8(2)7-11(14(20)21)17-13(19)10(5-6-22-4)16-12(18)9(3)15/h8-11H,5-7,15H2,1-4H3,(H,16,18)(H,17,19)(H,20,21)/t9-,10-,11-/m0/s1. The first-order valence-electron chi connectivity index (χ1n) is 7.27. The molecule has 0 bridgehead atoms. The Morgan fingerprint density at radius 1 is 1.09 bits per heavy atom. The van der Waals surface area contributed by atoms with E-state index >= 15 is 0 Å². The molecular weight excluding hydrogens is 306 g/mol. The van der Waals surface area contributed by atoms with E-state index in [1.54, 1.807) is 0 Å². The van der Waals surface area contributed by atoms with Gasteiger partial charge in [-0.15, -0.1) is 0 Å². The molecule has 2 amide bonds. The van der Waals surface area contributed by atoms with E-state index in [-0.39, 0.29) is 5.92 Å². The molecule has 0 aliphatic rings. The van der Waals surface area contributed by atoms with Crippen LogP contribution in [0.15, 0.2) is 0 Å². The second kappa shape index (κ2) is 10.4. The minimum atomic E-state index is -1.08. The van der Waals surface area contributed by atoms with Gasteiger partial charge >= 0.3 is 5.97 Å². The third-order valence-corrected chi connectivity index (χ3v) is 3.62. The molecule has 7 nitrogen and oxygen atoms in total. The maximum Gasteiger partial charge on any atom is 0.326 e. The van der Waals surface area contributed by atoms with Crippen molar-refractivity contribution in [2.24, 2.45) is 11.7 Å². The van der Waals surface area contributed by atoms with Gasteiger partial charge in [-0.3, -0.25) is 9.59 Å². The Kier molecular flexibility index (Phi) is 9.84. The van der Waals surface area contributed by atoms with Crippen LogP contribution in [0.1, 0.15) is 33.6 Å². The molecular formula is C14H27N3O4S. The van der Waals surface area contributed by atoms with E-state index in [4.69, 9.17) is 5.73 Å². The third-order valence-electron chi connectivity index (χ3n) is 2.98. The summed E-state index contributed by atoms with van der Waals surface area (Å²) in [4.78, 5) is 35.2. The Hall–Kier alpha value is -1.28. The summed E-state index contributed by atoms with van der Waals surface area (Å²) in [5.41, 5.74) is 5.49. The Balaban J connectivity index is 4.84. The van der Waals surface area contributed by atoms with E-state index in [1.165, 1.54) is 18.7 Å². The fourth-order valence-corrected chi connectivity index (χ4v) is 2.24. The second-order valence-corrected chi connectivity index (χ2v) is 6.65. The van der Waals surface area contributed by atoms with E-state index < -0.39 is 35.9 Å². The summed E-state index contributed by atoms with van der Waals surface area (Å²) in [7, 11) is 0. The van der Waals surface area contributed by atoms with Crippen LogP contribution in [-0.4, -0.2) is 53.0 Å². The molecule has 0 heterocycles. The minimum absolute atomic E-state index is 0.129. The van der Waals surface area contributed by atoms with Gasteiger partial charge in [0, 0.05) is 0 Å². The molecule has 0 rings (SSSR count). The number of carbonyl (C=O) groups is 3. The molecule has 0 aromatic rings. The Morgan fingerprint density at radius 3 is 2.05 bits per heavy atom. The Labute approximate surface area is 135 Å². The van der Waals surface area contributed by atoms with Gasteiger partial charge in [-0.05, 0) is 37.7 Å². The van der Waals surface area contributed by atoms with Gasteiger partial charge in [0.05, 0.1) is 6.04 Å². The number of nitrogens with one attached hydrogen (secondary N) is 2. The molecule has 0 spiro atoms. The summed E-state index contributed by atoms with van der Waals surface area (Å²) in [5, 5.41) is 14.2. The zero-order valence-corrected chi connectivity index (χ0v) is 14.4. The highest BCUT2D eigenvalue weighted by molar-refractivity contribution is 7.98. The average molecular weight is 333 g/mol. The lowest BCUT2D eigenvalue weighted by molar-refractivity contribution is -0.142. The lowest BCUT2D eigenvalue weighted by atomic mass is 10.0. The molecule has 5 N–H and O–H groups in total. The fourth-order valence-electron chi connectivity index (χ4n) is 1.77. The monoisotopic (exact) mass is 333 g/mol. The Bertz CT molecular complexity index is 388. The van der Waals surface area contributed by atoms with Crippen molar-refractivity contribution in [3.05, 3.63) is 0 Å². The summed E-state index contributed by atoms with van der Waals surface area (Å²) in [5.74, 6) is -1.21. The van der Waals surface area contributed by atoms with Crippen molar-refractivity contribution in [2.75, 3.05) is 12.0 Å². The number of carboxylic acids is 1. The first kappa shape index (κ1) is 20.7. The number of amides is 2. The molecule has 0 unspecified atom stereocenters. The van der Waals surface area contributed by atoms with Crippen LogP contribution in [-0.2, 0) is 14.4 Å². The van der Waals surface area contributed by atoms with Gasteiger partial charge in [0.15, 0.2) is 0 Å². The van der Waals surface area contributed by atoms with Gasteiger partial charge < -0.3 is 21.5 Å². The van der Waals surface area contributed by atoms with Crippen molar-refractivity contribution in [2.45, 2.75) is 51.7 Å². The zero-order chi connectivity index (χ0) is 17.3. The highest BCUT2D eigenvalue weighted by atomic mass is 32.2. The summed E-state index contributed by atoms with van der Waals surface area (Å²) >= 11 is 1.54. The van der Waals surface area contributed by atoms with Crippen molar-refractivity contribution in [1.82, 2.24) is 10.6 Å². The first-order valence-corrected chi connectivity index (χ1v) is 8.66. The van der Waals surface area contributed by atoms with Crippen LogP contribution in [0.4, 0.5) is 0 Å². The number of hydrogen-bond acceptors (Lipinski definition) is 5. The molecule has 0 aliphatic carbocycles. The molecule has 8 heteroatoms. The largest absolute Gasteiger partial charge is 0.480 e. The predicted octanol–water partition coefficient (Wildman–Crippen LogP) is 0.187. The molecule has 3 atom stereocenters. The molecule has 0 fully saturated rings. The van der Waals surface area contributed by atoms with Crippen molar-refractivity contribution < 1.29 is 19.5 Å². The number of aliphatic carboxylic acids is 1. The normalized spacial score (nSPS) is 15.0. The first-order chi connectivity index (χ1) is 10.2. The van der Waals surface area contributed by atoms with Gasteiger partial charge in [0.2, 0.25) is 11.8 Å². The molecule has 0 saturated heterocycles. The van der Waals surface area contributed by atoms with Crippen LogP contribution < -0.4 is 16.4 Å². The van der Waals surface area contributed by atoms with E-state index in [2.05, 4.69) is 10.6 Å².